The van der Waals surface area contributed by atoms with Crippen molar-refractivity contribution in [2.24, 2.45) is 0 Å². The highest BCUT2D eigenvalue weighted by Crippen LogP contribution is 2.40. The molecular formula is C18H16ClN3OS2. The quantitative estimate of drug-likeness (QED) is 0.506. The second-order valence-electron chi connectivity index (χ2n) is 5.97. The molecule has 0 saturated carbocycles. The number of rotatable bonds is 4. The van der Waals surface area contributed by atoms with E-state index < -0.39 is 0 Å². The van der Waals surface area contributed by atoms with Gasteiger partial charge in [-0.1, -0.05) is 23.4 Å². The summed E-state index contributed by atoms with van der Waals surface area (Å²) < 4.78 is 0. The average molecular weight is 390 g/mol. The number of carbonyl (C=O) groups is 1. The van der Waals surface area contributed by atoms with Crippen molar-refractivity contribution >= 4 is 56.5 Å². The Morgan fingerprint density at radius 2 is 2.08 bits per heavy atom. The van der Waals surface area contributed by atoms with E-state index in [1.807, 2.05) is 6.92 Å². The number of fused-ring (bicyclic) bond motifs is 3. The molecule has 1 atom stereocenters. The zero-order valence-electron chi connectivity index (χ0n) is 13.6. The molecule has 25 heavy (non-hydrogen) atoms. The molecule has 2 aromatic heterocycles. The Kier molecular flexibility index (Phi) is 4.67. The lowest BCUT2D eigenvalue weighted by atomic mass is 10.2. The van der Waals surface area contributed by atoms with Crippen molar-refractivity contribution in [3.05, 3.63) is 46.1 Å². The number of anilines is 1. The zero-order chi connectivity index (χ0) is 17.4. The van der Waals surface area contributed by atoms with Crippen LogP contribution in [0.25, 0.3) is 10.2 Å². The maximum atomic E-state index is 12.5. The molecule has 0 unspecified atom stereocenters. The van der Waals surface area contributed by atoms with E-state index >= 15 is 0 Å². The van der Waals surface area contributed by atoms with Gasteiger partial charge in [-0.15, -0.1) is 11.3 Å². The summed E-state index contributed by atoms with van der Waals surface area (Å²) in [6.07, 6.45) is 5.01. The number of hydrogen-bond acceptors (Lipinski definition) is 5. The highest BCUT2D eigenvalue weighted by Gasteiger charge is 2.23. The monoisotopic (exact) mass is 389 g/mol. The van der Waals surface area contributed by atoms with Crippen molar-refractivity contribution in [3.8, 4) is 0 Å². The predicted octanol–water partition coefficient (Wildman–Crippen LogP) is 4.95. The minimum atomic E-state index is -0.259. The molecule has 7 heteroatoms. The molecular weight excluding hydrogens is 374 g/mol. The molecule has 0 bridgehead atoms. The molecule has 4 rings (SSSR count). The van der Waals surface area contributed by atoms with Crippen molar-refractivity contribution in [3.63, 3.8) is 0 Å². The molecule has 0 saturated heterocycles. The first-order valence-corrected chi connectivity index (χ1v) is 10.2. The molecule has 0 aliphatic heterocycles. The number of thiophene rings is 1. The smallest absolute Gasteiger partial charge is 0.237 e. The highest BCUT2D eigenvalue weighted by atomic mass is 35.5. The first kappa shape index (κ1) is 16.8. The predicted molar refractivity (Wildman–Crippen MR) is 105 cm³/mol. The third-order valence-electron chi connectivity index (χ3n) is 4.24. The number of aromatic nitrogens is 2. The lowest BCUT2D eigenvalue weighted by Gasteiger charge is -2.12. The standard InChI is InChI=1S/C18H16ClN3OS2/c1-10(16(23)22-12-7-5-11(19)6-8-12)24-17-15-13-3-2-4-14(13)25-18(15)21-9-20-17/h5-10H,2-4H2,1H3,(H,22,23)/t10-/m0/s1. The maximum Gasteiger partial charge on any atom is 0.237 e. The van der Waals surface area contributed by atoms with Crippen molar-refractivity contribution in [1.29, 1.82) is 0 Å². The van der Waals surface area contributed by atoms with E-state index in [-0.39, 0.29) is 11.2 Å². The Labute approximate surface area is 159 Å². The molecule has 2 heterocycles. The van der Waals surface area contributed by atoms with Gasteiger partial charge in [0.1, 0.15) is 16.2 Å². The summed E-state index contributed by atoms with van der Waals surface area (Å²) in [4.78, 5) is 23.8. The summed E-state index contributed by atoms with van der Waals surface area (Å²) in [6.45, 7) is 1.90. The minimum Gasteiger partial charge on any atom is -0.325 e. The van der Waals surface area contributed by atoms with Gasteiger partial charge in [0.15, 0.2) is 0 Å². The second-order valence-corrected chi connectivity index (χ2v) is 8.82. The summed E-state index contributed by atoms with van der Waals surface area (Å²) in [5, 5.41) is 5.37. The van der Waals surface area contributed by atoms with Gasteiger partial charge in [-0.2, -0.15) is 0 Å². The zero-order valence-corrected chi connectivity index (χ0v) is 16.0. The number of aryl methyl sites for hydroxylation is 2. The van der Waals surface area contributed by atoms with E-state index in [9.17, 15) is 4.79 Å². The van der Waals surface area contributed by atoms with Gasteiger partial charge < -0.3 is 5.32 Å². The first-order valence-electron chi connectivity index (χ1n) is 8.10. The van der Waals surface area contributed by atoms with Crippen LogP contribution in [0.15, 0.2) is 35.6 Å². The van der Waals surface area contributed by atoms with Crippen molar-refractivity contribution in [1.82, 2.24) is 9.97 Å². The number of thioether (sulfide) groups is 1. The molecule has 0 spiro atoms. The van der Waals surface area contributed by atoms with E-state index in [0.717, 1.165) is 33.8 Å². The lowest BCUT2D eigenvalue weighted by molar-refractivity contribution is -0.115. The van der Waals surface area contributed by atoms with E-state index in [4.69, 9.17) is 11.6 Å². The third kappa shape index (κ3) is 3.38. The molecule has 0 fully saturated rings. The fraction of sp³-hybridized carbons (Fsp3) is 0.278. The fourth-order valence-electron chi connectivity index (χ4n) is 2.99. The Morgan fingerprint density at radius 1 is 1.28 bits per heavy atom. The molecule has 1 N–H and O–H groups in total. The molecule has 3 aromatic rings. The summed E-state index contributed by atoms with van der Waals surface area (Å²) in [6, 6.07) is 7.12. The highest BCUT2D eigenvalue weighted by molar-refractivity contribution is 8.00. The number of nitrogens with one attached hydrogen (secondary N) is 1. The molecule has 1 amide bonds. The van der Waals surface area contributed by atoms with Crippen LogP contribution in [0.4, 0.5) is 5.69 Å². The van der Waals surface area contributed by atoms with E-state index in [1.165, 1.54) is 28.6 Å². The number of halogens is 1. The van der Waals surface area contributed by atoms with E-state index in [2.05, 4.69) is 15.3 Å². The number of benzene rings is 1. The van der Waals surface area contributed by atoms with E-state index in [1.54, 1.807) is 41.9 Å². The van der Waals surface area contributed by atoms with Crippen LogP contribution >= 0.6 is 34.7 Å². The van der Waals surface area contributed by atoms with Gasteiger partial charge >= 0.3 is 0 Å². The lowest BCUT2D eigenvalue weighted by Crippen LogP contribution is -2.22. The summed E-state index contributed by atoms with van der Waals surface area (Å²) in [5.41, 5.74) is 2.12. The topological polar surface area (TPSA) is 54.9 Å². The van der Waals surface area contributed by atoms with Crippen LogP contribution in [-0.2, 0) is 17.6 Å². The van der Waals surface area contributed by atoms with Crippen LogP contribution in [0, 0.1) is 0 Å². The molecule has 1 aromatic carbocycles. The summed E-state index contributed by atoms with van der Waals surface area (Å²) in [7, 11) is 0. The van der Waals surface area contributed by atoms with Gasteiger partial charge in [0.2, 0.25) is 5.91 Å². The maximum absolute atomic E-state index is 12.5. The molecule has 128 valence electrons. The number of nitrogens with zero attached hydrogens (tertiary/aromatic N) is 2. The van der Waals surface area contributed by atoms with Crippen molar-refractivity contribution in [2.75, 3.05) is 5.32 Å². The van der Waals surface area contributed by atoms with Crippen LogP contribution in [0.3, 0.4) is 0 Å². The van der Waals surface area contributed by atoms with Gasteiger partial charge in [0.25, 0.3) is 0 Å². The Bertz CT molecular complexity index is 939. The van der Waals surface area contributed by atoms with Crippen LogP contribution in [-0.4, -0.2) is 21.1 Å². The normalized spacial score (nSPS) is 14.5. The largest absolute Gasteiger partial charge is 0.325 e. The Morgan fingerprint density at radius 3 is 2.88 bits per heavy atom. The van der Waals surface area contributed by atoms with Gasteiger partial charge in [-0.05, 0) is 56.0 Å². The Balaban J connectivity index is 1.54. The first-order chi connectivity index (χ1) is 12.1. The van der Waals surface area contributed by atoms with Crippen molar-refractivity contribution in [2.45, 2.75) is 36.5 Å². The second kappa shape index (κ2) is 6.94. The number of carbonyl (C=O) groups excluding carboxylic acids is 1. The van der Waals surface area contributed by atoms with Gasteiger partial charge in [0.05, 0.1) is 5.25 Å². The third-order valence-corrected chi connectivity index (χ3v) is 6.79. The fourth-order valence-corrected chi connectivity index (χ4v) is 5.35. The number of hydrogen-bond donors (Lipinski definition) is 1. The van der Waals surface area contributed by atoms with Crippen LogP contribution < -0.4 is 5.32 Å². The minimum absolute atomic E-state index is 0.0500. The van der Waals surface area contributed by atoms with Crippen LogP contribution in [0.2, 0.25) is 5.02 Å². The molecule has 1 aliphatic rings. The van der Waals surface area contributed by atoms with Gasteiger partial charge in [-0.25, -0.2) is 9.97 Å². The average Bonchev–Trinajstić information content (AvgIpc) is 3.18. The van der Waals surface area contributed by atoms with Gasteiger partial charge in [-0.3, -0.25) is 4.79 Å². The molecule has 1 aliphatic carbocycles. The van der Waals surface area contributed by atoms with Crippen molar-refractivity contribution < 1.29 is 4.79 Å². The molecule has 4 nitrogen and oxygen atoms in total. The Hall–Kier alpha value is -1.63. The van der Waals surface area contributed by atoms with Crippen LogP contribution in [0.1, 0.15) is 23.8 Å². The summed E-state index contributed by atoms with van der Waals surface area (Å²) in [5.74, 6) is -0.0500. The number of amides is 1. The SMILES string of the molecule is C[C@H](Sc1ncnc2sc3c(c12)CCC3)C(=O)Nc1ccc(Cl)cc1. The van der Waals surface area contributed by atoms with Crippen LogP contribution in [0.5, 0.6) is 0 Å². The van der Waals surface area contributed by atoms with Gasteiger partial charge in [0, 0.05) is 21.0 Å². The van der Waals surface area contributed by atoms with E-state index in [0.29, 0.717) is 5.02 Å². The molecule has 0 radical (unpaired) electrons. The summed E-state index contributed by atoms with van der Waals surface area (Å²) >= 11 is 9.13.